The molecular formula is C36H62O8. The van der Waals surface area contributed by atoms with Gasteiger partial charge in [0.05, 0.1) is 24.4 Å². The third-order valence-corrected chi connectivity index (χ3v) is 14.3. The van der Waals surface area contributed by atoms with E-state index in [1.807, 2.05) is 0 Å². The summed E-state index contributed by atoms with van der Waals surface area (Å²) in [5, 5.41) is 65.0. The Morgan fingerprint density at radius 2 is 1.61 bits per heavy atom. The average molecular weight is 629 g/mol. The van der Waals surface area contributed by atoms with Gasteiger partial charge in [-0.05, 0) is 124 Å². The summed E-state index contributed by atoms with van der Waals surface area (Å²) in [6.07, 6.45) is -0.645. The molecule has 4 saturated carbocycles. The van der Waals surface area contributed by atoms with Gasteiger partial charge < -0.3 is 40.1 Å². The zero-order valence-corrected chi connectivity index (χ0v) is 27.5. The second-order valence-electron chi connectivity index (χ2n) is 16.7. The van der Waals surface area contributed by atoms with Crippen LogP contribution in [-0.2, 0) is 9.47 Å². The summed E-state index contributed by atoms with van der Waals surface area (Å²) in [6, 6.07) is 0. The smallest absolute Gasteiger partial charge is 0.186 e. The number of rotatable bonds is 7. The topological polar surface area (TPSA) is 140 Å². The lowest BCUT2D eigenvalue weighted by Gasteiger charge is -2.70. The van der Waals surface area contributed by atoms with Gasteiger partial charge in [0.2, 0.25) is 0 Å². The monoisotopic (exact) mass is 628 g/mol. The summed E-state index contributed by atoms with van der Waals surface area (Å²) in [4.78, 5) is 0. The zero-order valence-electron chi connectivity index (χ0n) is 33.5. The molecule has 2 unspecified atom stereocenters. The van der Waals surface area contributed by atoms with Crippen LogP contribution in [0, 0.1) is 45.3 Å². The fraction of sp³-hybridized carbons (Fsp3) is 0.944. The van der Waals surface area contributed by atoms with E-state index in [9.17, 15) is 30.6 Å². The number of aliphatic hydroxyl groups is 6. The molecule has 5 rings (SSSR count). The molecule has 0 bridgehead atoms. The Hall–Kier alpha value is -0.580. The van der Waals surface area contributed by atoms with Gasteiger partial charge in [0.25, 0.3) is 0 Å². The quantitative estimate of drug-likeness (QED) is 0.181. The Balaban J connectivity index is 1.35. The minimum Gasteiger partial charge on any atom is -0.394 e. The van der Waals surface area contributed by atoms with Crippen molar-refractivity contribution in [2.75, 3.05) is 6.61 Å². The largest absolute Gasteiger partial charge is 0.394 e. The standard InChI is InChI=1S/C36H62O8/c1-20(2)10-9-14-36(8,42)21-11-16-35(7)27(21)22(38)18-25-33(5)15-13-26(32(3,4)24(33)12-17-34(25,35)6)44-31-30(41)29(40)28(39)23(19-37)43-31/h10,21-31,37-42H,9,11-19H2,1-8H3/t21-,22+,23+,24-,25+,26-,27-,28+,29-,30+,31?,33-,34+,35+,36?/m0/s1/i1D3,2D3. The Labute approximate surface area is 273 Å². The highest BCUT2D eigenvalue weighted by molar-refractivity contribution is 5.20. The van der Waals surface area contributed by atoms with Gasteiger partial charge in [0.15, 0.2) is 6.29 Å². The Morgan fingerprint density at radius 3 is 2.27 bits per heavy atom. The third kappa shape index (κ3) is 5.26. The average Bonchev–Trinajstić information content (AvgIpc) is 3.37. The van der Waals surface area contributed by atoms with Crippen molar-refractivity contribution in [1.82, 2.24) is 0 Å². The van der Waals surface area contributed by atoms with E-state index < -0.39 is 68.3 Å². The van der Waals surface area contributed by atoms with Crippen molar-refractivity contribution in [3.05, 3.63) is 11.6 Å². The molecule has 0 radical (unpaired) electrons. The summed E-state index contributed by atoms with van der Waals surface area (Å²) < 4.78 is 58.3. The molecule has 8 heteroatoms. The van der Waals surface area contributed by atoms with E-state index in [4.69, 9.17) is 17.7 Å². The van der Waals surface area contributed by atoms with Crippen LogP contribution in [0.2, 0.25) is 0 Å². The van der Waals surface area contributed by atoms with E-state index in [-0.39, 0.29) is 64.3 Å². The van der Waals surface area contributed by atoms with Gasteiger partial charge in [-0.3, -0.25) is 0 Å². The minimum atomic E-state index is -2.75. The van der Waals surface area contributed by atoms with Gasteiger partial charge in [0.1, 0.15) is 24.4 Å². The Morgan fingerprint density at radius 1 is 0.932 bits per heavy atom. The molecule has 15 atom stereocenters. The summed E-state index contributed by atoms with van der Waals surface area (Å²) in [5.41, 5.74) is -2.74. The van der Waals surface area contributed by atoms with E-state index in [0.29, 0.717) is 19.3 Å². The lowest BCUT2D eigenvalue weighted by Crippen LogP contribution is -2.67. The van der Waals surface area contributed by atoms with Crippen molar-refractivity contribution in [3.63, 3.8) is 0 Å². The van der Waals surface area contributed by atoms with Crippen molar-refractivity contribution in [1.29, 1.82) is 0 Å². The summed E-state index contributed by atoms with van der Waals surface area (Å²) in [7, 11) is 0. The van der Waals surface area contributed by atoms with Crippen LogP contribution in [0.4, 0.5) is 0 Å². The van der Waals surface area contributed by atoms with E-state index in [0.717, 1.165) is 25.7 Å². The first kappa shape index (κ1) is 27.4. The van der Waals surface area contributed by atoms with E-state index in [1.54, 1.807) is 6.92 Å². The van der Waals surface area contributed by atoms with Crippen LogP contribution in [0.25, 0.3) is 0 Å². The highest BCUT2D eigenvalue weighted by Gasteiger charge is 2.71. The normalized spacial score (nSPS) is 54.0. The SMILES string of the molecule is [2H]C([2H])([2H])C(=CCCC(C)(O)[C@H]1CC[C@]2(C)[C@@H]1[C@H](O)C[C@@H]1[C@@]3(C)CC[C@H](OC4O[C@H](CO)[C@@H](O)[C@H](O)[C@H]4O)C(C)(C)[C@@H]3CC[C@]12C)C([2H])([2H])[2H]. The second kappa shape index (κ2) is 11.8. The molecule has 8 nitrogen and oxygen atoms in total. The maximum Gasteiger partial charge on any atom is 0.186 e. The van der Waals surface area contributed by atoms with Gasteiger partial charge >= 0.3 is 0 Å². The van der Waals surface area contributed by atoms with Crippen LogP contribution < -0.4 is 0 Å². The predicted octanol–water partition coefficient (Wildman–Crippen LogP) is 4.32. The van der Waals surface area contributed by atoms with E-state index in [2.05, 4.69) is 34.6 Å². The van der Waals surface area contributed by atoms with E-state index in [1.165, 1.54) is 6.08 Å². The second-order valence-corrected chi connectivity index (χ2v) is 16.7. The van der Waals surface area contributed by atoms with Crippen LogP contribution in [0.15, 0.2) is 11.6 Å². The molecule has 0 aromatic heterocycles. The molecule has 44 heavy (non-hydrogen) atoms. The first-order chi connectivity index (χ1) is 22.8. The molecule has 0 amide bonds. The molecule has 1 aliphatic heterocycles. The van der Waals surface area contributed by atoms with Gasteiger partial charge in [-0.25, -0.2) is 0 Å². The number of ether oxygens (including phenoxy) is 2. The fourth-order valence-corrected chi connectivity index (χ4v) is 11.7. The predicted molar refractivity (Wildman–Crippen MR) is 168 cm³/mol. The van der Waals surface area contributed by atoms with Crippen LogP contribution in [-0.4, -0.2) is 85.8 Å². The highest BCUT2D eigenvalue weighted by Crippen LogP contribution is 2.76. The zero-order chi connectivity index (χ0) is 37.6. The molecule has 254 valence electrons. The minimum absolute atomic E-state index is 0.107. The lowest BCUT2D eigenvalue weighted by molar-refractivity contribution is -0.332. The number of allylic oxidation sites excluding steroid dienone is 2. The molecule has 1 saturated heterocycles. The van der Waals surface area contributed by atoms with Gasteiger partial charge in [-0.1, -0.05) is 46.3 Å². The first-order valence-corrected chi connectivity index (χ1v) is 16.8. The molecule has 4 aliphatic carbocycles. The molecule has 0 aromatic rings. The van der Waals surface area contributed by atoms with Crippen molar-refractivity contribution in [2.45, 2.75) is 162 Å². The molecule has 0 aromatic carbocycles. The molecule has 5 fully saturated rings. The van der Waals surface area contributed by atoms with Gasteiger partial charge in [0, 0.05) is 8.22 Å². The summed E-state index contributed by atoms with van der Waals surface area (Å²) >= 11 is 0. The summed E-state index contributed by atoms with van der Waals surface area (Å²) in [6.45, 7) is 7.10. The number of hydrogen-bond donors (Lipinski definition) is 6. The van der Waals surface area contributed by atoms with Crippen molar-refractivity contribution >= 4 is 0 Å². The van der Waals surface area contributed by atoms with Crippen LogP contribution >= 0.6 is 0 Å². The lowest BCUT2D eigenvalue weighted by atomic mass is 9.35. The van der Waals surface area contributed by atoms with Crippen LogP contribution in [0.1, 0.15) is 121 Å². The molecule has 5 aliphatic rings. The van der Waals surface area contributed by atoms with Gasteiger partial charge in [-0.2, -0.15) is 0 Å². The highest BCUT2D eigenvalue weighted by atomic mass is 16.7. The number of aliphatic hydroxyl groups excluding tert-OH is 5. The number of hydrogen-bond acceptors (Lipinski definition) is 8. The van der Waals surface area contributed by atoms with Crippen molar-refractivity contribution in [2.24, 2.45) is 45.3 Å². The van der Waals surface area contributed by atoms with Crippen LogP contribution in [0.5, 0.6) is 0 Å². The fourth-order valence-electron chi connectivity index (χ4n) is 11.7. The molecule has 0 spiro atoms. The molecular weight excluding hydrogens is 560 g/mol. The summed E-state index contributed by atoms with van der Waals surface area (Å²) in [5.74, 6) is -0.0132. The maximum absolute atomic E-state index is 12.1. The van der Waals surface area contributed by atoms with Crippen molar-refractivity contribution < 1.29 is 48.3 Å². The third-order valence-electron chi connectivity index (χ3n) is 14.3. The number of fused-ring (bicyclic) bond motifs is 5. The first-order valence-electron chi connectivity index (χ1n) is 19.8. The Bertz CT molecular complexity index is 1250. The Kier molecular flexibility index (Phi) is 7.36. The van der Waals surface area contributed by atoms with Gasteiger partial charge in [-0.15, -0.1) is 0 Å². The van der Waals surface area contributed by atoms with Crippen molar-refractivity contribution in [3.8, 4) is 0 Å². The van der Waals surface area contributed by atoms with Crippen LogP contribution in [0.3, 0.4) is 0 Å². The maximum atomic E-state index is 12.1. The van der Waals surface area contributed by atoms with E-state index >= 15 is 0 Å². The molecule has 1 heterocycles. The molecule has 6 N–H and O–H groups in total.